The lowest BCUT2D eigenvalue weighted by Crippen LogP contribution is -1.89. The Morgan fingerprint density at radius 3 is 3.00 bits per heavy atom. The summed E-state index contributed by atoms with van der Waals surface area (Å²) in [6.07, 6.45) is 2.90. The van der Waals surface area contributed by atoms with Crippen molar-refractivity contribution in [2.75, 3.05) is 0 Å². The fourth-order valence-corrected chi connectivity index (χ4v) is 1.19. The lowest BCUT2D eigenvalue weighted by atomic mass is 10.1. The summed E-state index contributed by atoms with van der Waals surface area (Å²) in [5.74, 6) is 0. The van der Waals surface area contributed by atoms with E-state index in [9.17, 15) is 0 Å². The Morgan fingerprint density at radius 2 is 2.15 bits per heavy atom. The van der Waals surface area contributed by atoms with Crippen LogP contribution in [0.3, 0.4) is 0 Å². The molecule has 0 amide bonds. The van der Waals surface area contributed by atoms with Crippen LogP contribution in [0.5, 0.6) is 0 Å². The summed E-state index contributed by atoms with van der Waals surface area (Å²) in [6, 6.07) is 7.55. The lowest BCUT2D eigenvalue weighted by molar-refractivity contribution is 0.322. The van der Waals surface area contributed by atoms with Crippen molar-refractivity contribution >= 4 is 17.1 Å². The molecule has 0 unspecified atom stereocenters. The molecule has 64 valence electrons. The molecule has 0 aliphatic heterocycles. The lowest BCUT2D eigenvalue weighted by Gasteiger charge is -1.97. The Labute approximate surface area is 74.5 Å². The van der Waals surface area contributed by atoms with Crippen LogP contribution in [0.1, 0.15) is 5.56 Å². The quantitative estimate of drug-likeness (QED) is 0.403. The highest BCUT2D eigenvalue weighted by molar-refractivity contribution is 5.97. The molecule has 0 spiro atoms. The van der Waals surface area contributed by atoms with E-state index in [1.54, 1.807) is 6.20 Å². The first-order valence-electron chi connectivity index (χ1n) is 3.79. The van der Waals surface area contributed by atoms with Gasteiger partial charge in [0.05, 0.1) is 17.9 Å². The smallest absolute Gasteiger partial charge is 0.0936 e. The molecule has 0 radical (unpaired) electrons. The molecule has 1 aromatic heterocycles. The number of hydrogen-bond donors (Lipinski definition) is 1. The predicted octanol–water partition coefficient (Wildman–Crippen LogP) is 1.44. The van der Waals surface area contributed by atoms with Gasteiger partial charge in [-0.3, -0.25) is 0 Å². The summed E-state index contributed by atoms with van der Waals surface area (Å²) in [4.78, 5) is 0. The number of fused-ring (bicyclic) bond motifs is 1. The highest BCUT2D eigenvalue weighted by atomic mass is 16.4. The van der Waals surface area contributed by atoms with Gasteiger partial charge in [-0.15, -0.1) is 0 Å². The number of nitrogens with zero attached hydrogens (tertiary/aromatic N) is 3. The van der Waals surface area contributed by atoms with Gasteiger partial charge in [0, 0.05) is 10.9 Å². The molecule has 4 nitrogen and oxygen atoms in total. The first-order valence-corrected chi connectivity index (χ1v) is 3.79. The zero-order valence-electron chi connectivity index (χ0n) is 6.75. The van der Waals surface area contributed by atoms with E-state index >= 15 is 0 Å². The second-order valence-corrected chi connectivity index (χ2v) is 2.56. The van der Waals surface area contributed by atoms with Crippen LogP contribution < -0.4 is 0 Å². The van der Waals surface area contributed by atoms with Crippen molar-refractivity contribution in [3.05, 3.63) is 36.0 Å². The van der Waals surface area contributed by atoms with E-state index in [0.29, 0.717) is 0 Å². The summed E-state index contributed by atoms with van der Waals surface area (Å²) in [5, 5.41) is 20.0. The summed E-state index contributed by atoms with van der Waals surface area (Å²) in [7, 11) is 0. The van der Waals surface area contributed by atoms with Crippen molar-refractivity contribution in [1.82, 2.24) is 10.2 Å². The van der Waals surface area contributed by atoms with Crippen LogP contribution in [0.2, 0.25) is 0 Å². The van der Waals surface area contributed by atoms with Crippen LogP contribution in [0.15, 0.2) is 35.6 Å². The van der Waals surface area contributed by atoms with Crippen molar-refractivity contribution < 1.29 is 5.21 Å². The molecule has 0 fully saturated rings. The van der Waals surface area contributed by atoms with Gasteiger partial charge in [-0.25, -0.2) is 0 Å². The van der Waals surface area contributed by atoms with Crippen molar-refractivity contribution in [1.29, 1.82) is 0 Å². The molecule has 0 aliphatic rings. The Balaban J connectivity index is 2.75. The van der Waals surface area contributed by atoms with E-state index in [1.807, 2.05) is 24.3 Å². The van der Waals surface area contributed by atoms with Crippen molar-refractivity contribution in [3.8, 4) is 0 Å². The Hall–Kier alpha value is -1.97. The Morgan fingerprint density at radius 1 is 1.31 bits per heavy atom. The number of aromatic nitrogens is 2. The second-order valence-electron chi connectivity index (χ2n) is 2.56. The summed E-state index contributed by atoms with van der Waals surface area (Å²) in [6.45, 7) is 0. The summed E-state index contributed by atoms with van der Waals surface area (Å²) < 4.78 is 0. The Kier molecular flexibility index (Phi) is 1.88. The van der Waals surface area contributed by atoms with Crippen molar-refractivity contribution in [2.45, 2.75) is 0 Å². The third-order valence-electron chi connectivity index (χ3n) is 1.77. The van der Waals surface area contributed by atoms with Gasteiger partial charge in [0.15, 0.2) is 0 Å². The molecule has 4 heteroatoms. The third-order valence-corrected chi connectivity index (χ3v) is 1.77. The molecule has 1 aromatic carbocycles. The normalized spacial score (nSPS) is 11.1. The van der Waals surface area contributed by atoms with Crippen LogP contribution in [0.4, 0.5) is 0 Å². The highest BCUT2D eigenvalue weighted by Crippen LogP contribution is 2.12. The second kappa shape index (κ2) is 3.18. The van der Waals surface area contributed by atoms with Crippen molar-refractivity contribution in [3.63, 3.8) is 0 Å². The largest absolute Gasteiger partial charge is 0.411 e. The molecule has 1 N–H and O–H groups in total. The van der Waals surface area contributed by atoms with Gasteiger partial charge in [0.25, 0.3) is 0 Å². The zero-order valence-corrected chi connectivity index (χ0v) is 6.75. The molecule has 0 saturated carbocycles. The zero-order chi connectivity index (χ0) is 9.10. The molecule has 1 heterocycles. The summed E-state index contributed by atoms with van der Waals surface area (Å²) >= 11 is 0. The first-order chi connectivity index (χ1) is 6.42. The molecule has 0 saturated heterocycles. The average molecular weight is 173 g/mol. The third kappa shape index (κ3) is 1.33. The molecular formula is C9H7N3O. The standard InChI is InChI=1S/C9H7N3O/c13-11-6-7-5-10-12-9-4-2-1-3-8(7)9/h1-6,13H. The van der Waals surface area contributed by atoms with Gasteiger partial charge in [-0.05, 0) is 6.07 Å². The molecule has 0 atom stereocenters. The van der Waals surface area contributed by atoms with Crippen molar-refractivity contribution in [2.24, 2.45) is 5.16 Å². The maximum absolute atomic E-state index is 8.40. The van der Waals surface area contributed by atoms with Gasteiger partial charge in [0.2, 0.25) is 0 Å². The molecule has 2 rings (SSSR count). The number of hydrogen-bond acceptors (Lipinski definition) is 4. The predicted molar refractivity (Wildman–Crippen MR) is 48.9 cm³/mol. The van der Waals surface area contributed by atoms with E-state index in [0.717, 1.165) is 16.5 Å². The maximum Gasteiger partial charge on any atom is 0.0936 e. The summed E-state index contributed by atoms with van der Waals surface area (Å²) in [5.41, 5.74) is 1.55. The molecule has 2 aromatic rings. The fourth-order valence-electron chi connectivity index (χ4n) is 1.19. The maximum atomic E-state index is 8.40. The average Bonchev–Trinajstić information content (AvgIpc) is 2.19. The monoisotopic (exact) mass is 173 g/mol. The number of rotatable bonds is 1. The van der Waals surface area contributed by atoms with E-state index < -0.39 is 0 Å². The van der Waals surface area contributed by atoms with Crippen LogP contribution in [0, 0.1) is 0 Å². The van der Waals surface area contributed by atoms with Crippen LogP contribution in [-0.4, -0.2) is 21.6 Å². The number of benzene rings is 1. The molecule has 0 aliphatic carbocycles. The minimum atomic E-state index is 0.758. The van der Waals surface area contributed by atoms with Gasteiger partial charge < -0.3 is 5.21 Å². The number of oxime groups is 1. The van der Waals surface area contributed by atoms with E-state index in [4.69, 9.17) is 5.21 Å². The van der Waals surface area contributed by atoms with Gasteiger partial charge >= 0.3 is 0 Å². The van der Waals surface area contributed by atoms with Gasteiger partial charge in [0.1, 0.15) is 0 Å². The fraction of sp³-hybridized carbons (Fsp3) is 0. The van der Waals surface area contributed by atoms with E-state index in [-0.39, 0.29) is 0 Å². The Bertz CT molecular complexity index is 448. The van der Waals surface area contributed by atoms with Crippen LogP contribution in [-0.2, 0) is 0 Å². The molecule has 0 bridgehead atoms. The van der Waals surface area contributed by atoms with Crippen LogP contribution >= 0.6 is 0 Å². The minimum Gasteiger partial charge on any atom is -0.411 e. The molecule has 13 heavy (non-hydrogen) atoms. The van der Waals surface area contributed by atoms with Gasteiger partial charge in [-0.1, -0.05) is 23.4 Å². The van der Waals surface area contributed by atoms with E-state index in [2.05, 4.69) is 15.4 Å². The highest BCUT2D eigenvalue weighted by Gasteiger charge is 1.98. The minimum absolute atomic E-state index is 0.758. The topological polar surface area (TPSA) is 58.4 Å². The van der Waals surface area contributed by atoms with Crippen LogP contribution in [0.25, 0.3) is 10.9 Å². The van der Waals surface area contributed by atoms with Gasteiger partial charge in [-0.2, -0.15) is 10.2 Å². The van der Waals surface area contributed by atoms with E-state index in [1.165, 1.54) is 6.21 Å². The first kappa shape index (κ1) is 7.67. The molecular weight excluding hydrogens is 166 g/mol. The SMILES string of the molecule is ON=Cc1cnnc2ccccc12.